The Kier molecular flexibility index (Phi) is 5.38. The van der Waals surface area contributed by atoms with Crippen molar-refractivity contribution in [1.82, 2.24) is 0 Å². The van der Waals surface area contributed by atoms with Crippen LogP contribution in [0.3, 0.4) is 0 Å². The number of carbonyl (C=O) groups is 1. The molecule has 27 heavy (non-hydrogen) atoms. The van der Waals surface area contributed by atoms with Gasteiger partial charge < -0.3 is 0 Å². The number of halogens is 3. The summed E-state index contributed by atoms with van der Waals surface area (Å²) in [5.74, 6) is -0.429. The lowest BCUT2D eigenvalue weighted by Gasteiger charge is -2.45. The van der Waals surface area contributed by atoms with Crippen LogP contribution in [0.5, 0.6) is 0 Å². The highest BCUT2D eigenvalue weighted by Gasteiger charge is 2.61. The highest BCUT2D eigenvalue weighted by atomic mass is 32.2. The van der Waals surface area contributed by atoms with Crippen LogP contribution >= 0.6 is 11.8 Å². The highest BCUT2D eigenvalue weighted by molar-refractivity contribution is 8.01. The van der Waals surface area contributed by atoms with Crippen LogP contribution in [-0.2, 0) is 0 Å². The van der Waals surface area contributed by atoms with Gasteiger partial charge in [0.15, 0.2) is 4.87 Å². The molecule has 6 heteroatoms. The normalized spacial score (nSPS) is 20.1. The number of thioether (sulfide) groups is 1. The van der Waals surface area contributed by atoms with Crippen molar-refractivity contribution in [1.29, 1.82) is 0 Å². The summed E-state index contributed by atoms with van der Waals surface area (Å²) in [6.45, 7) is 3.66. The Hall–Kier alpha value is -2.21. The summed E-state index contributed by atoms with van der Waals surface area (Å²) in [5, 5.41) is 0. The van der Waals surface area contributed by atoms with E-state index in [2.05, 4.69) is 0 Å². The van der Waals surface area contributed by atoms with Gasteiger partial charge in [-0.2, -0.15) is 13.2 Å². The van der Waals surface area contributed by atoms with E-state index in [9.17, 15) is 18.0 Å². The molecule has 0 aliphatic carbocycles. The van der Waals surface area contributed by atoms with Crippen molar-refractivity contribution >= 4 is 23.4 Å². The summed E-state index contributed by atoms with van der Waals surface area (Å²) in [7, 11) is 0. The number of anilines is 1. The number of carbonyl (C=O) groups excluding carboxylic acids is 1. The standard InChI is InChI=1S/C21H20F3NOS/c1-15-8-10-18(11-9-15)25(19(26)17-6-4-3-5-7-17)20(21(22,23)24)13-12-16(2)14-27-20/h3-12H,13-14H2,1-2H3. The van der Waals surface area contributed by atoms with Gasteiger partial charge in [-0.1, -0.05) is 47.5 Å². The molecule has 1 heterocycles. The molecule has 2 nitrogen and oxygen atoms in total. The molecular weight excluding hydrogens is 371 g/mol. The van der Waals surface area contributed by atoms with Gasteiger partial charge in [-0.05, 0) is 38.1 Å². The SMILES string of the molecule is CC1=CCC(N(C(=O)c2ccccc2)c2ccc(C)cc2)(C(F)(F)F)SC1. The van der Waals surface area contributed by atoms with Crippen molar-refractivity contribution in [3.05, 3.63) is 77.4 Å². The average Bonchev–Trinajstić information content (AvgIpc) is 2.65. The third-order valence-electron chi connectivity index (χ3n) is 4.59. The van der Waals surface area contributed by atoms with E-state index in [1.165, 1.54) is 0 Å². The second-order valence-electron chi connectivity index (χ2n) is 6.67. The first-order valence-corrected chi connectivity index (χ1v) is 9.56. The molecule has 0 radical (unpaired) electrons. The minimum atomic E-state index is -4.59. The maximum Gasteiger partial charge on any atom is 0.421 e. The number of nitrogens with zero attached hydrogens (tertiary/aromatic N) is 1. The number of alkyl halides is 3. The lowest BCUT2D eigenvalue weighted by atomic mass is 10.0. The zero-order valence-electron chi connectivity index (χ0n) is 15.1. The van der Waals surface area contributed by atoms with Crippen molar-refractivity contribution < 1.29 is 18.0 Å². The molecule has 3 rings (SSSR count). The molecule has 2 aromatic rings. The van der Waals surface area contributed by atoms with Crippen molar-refractivity contribution in [2.24, 2.45) is 0 Å². The second kappa shape index (κ2) is 7.43. The van der Waals surface area contributed by atoms with Crippen molar-refractivity contribution in [2.45, 2.75) is 31.3 Å². The highest BCUT2D eigenvalue weighted by Crippen LogP contribution is 2.51. The summed E-state index contributed by atoms with van der Waals surface area (Å²) < 4.78 is 43.1. The predicted molar refractivity (Wildman–Crippen MR) is 104 cm³/mol. The molecule has 1 atom stereocenters. The molecule has 1 aliphatic heterocycles. The molecule has 0 saturated carbocycles. The Morgan fingerprint density at radius 1 is 1.04 bits per heavy atom. The maximum atomic E-state index is 14.4. The van der Waals surface area contributed by atoms with Gasteiger partial charge in [-0.25, -0.2) is 0 Å². The van der Waals surface area contributed by atoms with Gasteiger partial charge in [0.25, 0.3) is 5.91 Å². The first-order valence-electron chi connectivity index (χ1n) is 8.57. The van der Waals surface area contributed by atoms with E-state index in [0.29, 0.717) is 0 Å². The van der Waals surface area contributed by atoms with E-state index >= 15 is 0 Å². The number of aryl methyl sites for hydroxylation is 1. The van der Waals surface area contributed by atoms with E-state index in [4.69, 9.17) is 0 Å². The van der Waals surface area contributed by atoms with Gasteiger partial charge in [-0.15, -0.1) is 11.8 Å². The minimum Gasteiger partial charge on any atom is -0.284 e. The van der Waals surface area contributed by atoms with Crippen LogP contribution in [0.4, 0.5) is 18.9 Å². The molecule has 0 bridgehead atoms. The van der Waals surface area contributed by atoms with Crippen LogP contribution in [0.2, 0.25) is 0 Å². The van der Waals surface area contributed by atoms with Crippen LogP contribution in [0.1, 0.15) is 29.3 Å². The number of hydrogen-bond acceptors (Lipinski definition) is 2. The zero-order chi connectivity index (χ0) is 19.7. The summed E-state index contributed by atoms with van der Waals surface area (Å²) in [4.78, 5) is 11.8. The zero-order valence-corrected chi connectivity index (χ0v) is 15.9. The molecule has 1 aliphatic rings. The van der Waals surface area contributed by atoms with Crippen LogP contribution < -0.4 is 4.90 Å². The Balaban J connectivity index is 2.18. The smallest absolute Gasteiger partial charge is 0.284 e. The van der Waals surface area contributed by atoms with E-state index in [0.717, 1.165) is 27.8 Å². The third-order valence-corrected chi connectivity index (χ3v) is 6.24. The van der Waals surface area contributed by atoms with E-state index < -0.39 is 17.0 Å². The lowest BCUT2D eigenvalue weighted by molar-refractivity contribution is -0.157. The second-order valence-corrected chi connectivity index (χ2v) is 7.92. The van der Waals surface area contributed by atoms with E-state index in [-0.39, 0.29) is 23.4 Å². The molecular formula is C21H20F3NOS. The molecule has 1 amide bonds. The Bertz CT molecular complexity index is 846. The van der Waals surface area contributed by atoms with Crippen LogP contribution in [-0.4, -0.2) is 22.7 Å². The fourth-order valence-electron chi connectivity index (χ4n) is 3.04. The Morgan fingerprint density at radius 2 is 1.67 bits per heavy atom. The molecule has 2 aromatic carbocycles. The summed E-state index contributed by atoms with van der Waals surface area (Å²) in [5.41, 5.74) is 2.27. The molecule has 142 valence electrons. The van der Waals surface area contributed by atoms with Gasteiger partial charge >= 0.3 is 6.18 Å². The summed E-state index contributed by atoms with van der Waals surface area (Å²) in [6.07, 6.45) is -3.28. The fourth-order valence-corrected chi connectivity index (χ4v) is 4.30. The van der Waals surface area contributed by atoms with Crippen molar-refractivity contribution in [3.63, 3.8) is 0 Å². The molecule has 0 aromatic heterocycles. The first-order chi connectivity index (χ1) is 12.7. The van der Waals surface area contributed by atoms with Crippen molar-refractivity contribution in [2.75, 3.05) is 10.7 Å². The molecule has 0 N–H and O–H groups in total. The lowest BCUT2D eigenvalue weighted by Crippen LogP contribution is -2.60. The first kappa shape index (κ1) is 19.5. The van der Waals surface area contributed by atoms with E-state index in [1.807, 2.05) is 13.8 Å². The number of amides is 1. The molecule has 0 saturated heterocycles. The van der Waals surface area contributed by atoms with Gasteiger partial charge in [0.1, 0.15) is 0 Å². The van der Waals surface area contributed by atoms with Crippen LogP contribution in [0.15, 0.2) is 66.2 Å². The number of hydrogen-bond donors (Lipinski definition) is 0. The Labute approximate surface area is 161 Å². The summed E-state index contributed by atoms with van der Waals surface area (Å²) >= 11 is 0.768. The average molecular weight is 391 g/mol. The fraction of sp³-hybridized carbons (Fsp3) is 0.286. The van der Waals surface area contributed by atoms with Gasteiger partial charge in [-0.3, -0.25) is 9.69 Å². The van der Waals surface area contributed by atoms with Gasteiger partial charge in [0, 0.05) is 23.4 Å². The summed E-state index contributed by atoms with van der Waals surface area (Å²) in [6, 6.07) is 14.7. The van der Waals surface area contributed by atoms with Gasteiger partial charge in [0.2, 0.25) is 0 Å². The molecule has 0 fully saturated rings. The monoisotopic (exact) mass is 391 g/mol. The maximum absolute atomic E-state index is 14.4. The van der Waals surface area contributed by atoms with Crippen LogP contribution in [0, 0.1) is 6.92 Å². The minimum absolute atomic E-state index is 0.226. The number of benzene rings is 2. The quantitative estimate of drug-likeness (QED) is 0.600. The van der Waals surface area contributed by atoms with Crippen LogP contribution in [0.25, 0.3) is 0 Å². The van der Waals surface area contributed by atoms with Gasteiger partial charge in [0.05, 0.1) is 0 Å². The largest absolute Gasteiger partial charge is 0.421 e. The predicted octanol–water partition coefficient (Wildman–Crippen LogP) is 5.98. The molecule has 0 spiro atoms. The Morgan fingerprint density at radius 3 is 2.19 bits per heavy atom. The third kappa shape index (κ3) is 3.76. The molecule has 1 unspecified atom stereocenters. The topological polar surface area (TPSA) is 20.3 Å². The van der Waals surface area contributed by atoms with E-state index in [1.54, 1.807) is 60.7 Å². The van der Waals surface area contributed by atoms with Crippen molar-refractivity contribution in [3.8, 4) is 0 Å². The number of rotatable bonds is 3.